The van der Waals surface area contributed by atoms with E-state index in [1.54, 1.807) is 0 Å². The van der Waals surface area contributed by atoms with Gasteiger partial charge in [0.25, 0.3) is 0 Å². The van der Waals surface area contributed by atoms with Gasteiger partial charge in [-0.15, -0.1) is 13.2 Å². The second kappa shape index (κ2) is 4.16. The molecule has 0 aromatic heterocycles. The Labute approximate surface area is 85.8 Å². The summed E-state index contributed by atoms with van der Waals surface area (Å²) in [6.45, 7) is 0. The Morgan fingerprint density at radius 1 is 1.29 bits per heavy atom. The summed E-state index contributed by atoms with van der Waals surface area (Å²) in [5, 5.41) is 0.133. The first-order chi connectivity index (χ1) is 6.42. The average molecular weight is 273 g/mol. The zero-order valence-electron chi connectivity index (χ0n) is 6.74. The van der Waals surface area contributed by atoms with Gasteiger partial charge in [0.1, 0.15) is 11.6 Å². The summed E-state index contributed by atoms with van der Waals surface area (Å²) in [7, 11) is 0. The Balaban J connectivity index is 2.90. The van der Waals surface area contributed by atoms with E-state index in [9.17, 15) is 17.6 Å². The molecule has 0 unspecified atom stereocenters. The minimum Gasteiger partial charge on any atom is -0.406 e. The third-order valence-corrected chi connectivity index (χ3v) is 2.00. The Bertz CT molecular complexity index is 324. The lowest BCUT2D eigenvalue weighted by atomic mass is 10.2. The molecular weight excluding hydrogens is 268 g/mol. The van der Waals surface area contributed by atoms with E-state index in [2.05, 4.69) is 20.7 Å². The summed E-state index contributed by atoms with van der Waals surface area (Å²) >= 11 is 2.95. The first-order valence-corrected chi connectivity index (χ1v) is 4.64. The molecule has 1 aromatic carbocycles. The van der Waals surface area contributed by atoms with E-state index >= 15 is 0 Å². The first-order valence-electron chi connectivity index (χ1n) is 3.52. The fourth-order valence-corrected chi connectivity index (χ4v) is 1.28. The van der Waals surface area contributed by atoms with Gasteiger partial charge in [-0.2, -0.15) is 0 Å². The summed E-state index contributed by atoms with van der Waals surface area (Å²) < 4.78 is 51.7. The van der Waals surface area contributed by atoms with E-state index in [1.807, 2.05) is 0 Å². The maximum absolute atomic E-state index is 12.8. The summed E-state index contributed by atoms with van der Waals surface area (Å²) in [6.07, 6.45) is -4.75. The van der Waals surface area contributed by atoms with Gasteiger partial charge in [-0.25, -0.2) is 4.39 Å². The fraction of sp³-hybridized carbons (Fsp3) is 0.250. The van der Waals surface area contributed by atoms with Gasteiger partial charge >= 0.3 is 6.36 Å². The van der Waals surface area contributed by atoms with Crippen LogP contribution in [0, 0.1) is 5.82 Å². The van der Waals surface area contributed by atoms with Crippen molar-refractivity contribution >= 4 is 15.9 Å². The van der Waals surface area contributed by atoms with Gasteiger partial charge in [-0.3, -0.25) is 0 Å². The fourth-order valence-electron chi connectivity index (χ4n) is 0.851. The molecule has 0 amide bonds. The maximum atomic E-state index is 12.8. The summed E-state index contributed by atoms with van der Waals surface area (Å²) in [4.78, 5) is 0. The normalized spacial score (nSPS) is 11.5. The Morgan fingerprint density at radius 2 is 1.93 bits per heavy atom. The van der Waals surface area contributed by atoms with Crippen LogP contribution in [0.4, 0.5) is 17.6 Å². The molecule has 0 radical (unpaired) electrons. The van der Waals surface area contributed by atoms with Crippen LogP contribution in [0.25, 0.3) is 0 Å². The number of hydrogen-bond acceptors (Lipinski definition) is 1. The molecule has 0 atom stereocenters. The smallest absolute Gasteiger partial charge is 0.406 e. The molecule has 0 N–H and O–H groups in total. The quantitative estimate of drug-likeness (QED) is 0.590. The van der Waals surface area contributed by atoms with Gasteiger partial charge in [0.15, 0.2) is 0 Å². The van der Waals surface area contributed by atoms with Gasteiger partial charge in [0, 0.05) is 10.9 Å². The second-order valence-corrected chi connectivity index (χ2v) is 3.00. The largest absolute Gasteiger partial charge is 0.573 e. The number of hydrogen-bond donors (Lipinski definition) is 0. The molecule has 0 saturated heterocycles. The highest BCUT2D eigenvalue weighted by atomic mass is 79.9. The van der Waals surface area contributed by atoms with Crippen LogP contribution >= 0.6 is 15.9 Å². The first kappa shape index (κ1) is 11.3. The molecule has 0 aliphatic rings. The van der Waals surface area contributed by atoms with E-state index in [-0.39, 0.29) is 10.9 Å². The van der Waals surface area contributed by atoms with Crippen molar-refractivity contribution in [2.75, 3.05) is 0 Å². The van der Waals surface area contributed by atoms with Crippen molar-refractivity contribution < 1.29 is 22.3 Å². The molecule has 0 aliphatic heterocycles. The molecule has 0 heterocycles. The van der Waals surface area contributed by atoms with Crippen LogP contribution in [-0.4, -0.2) is 6.36 Å². The Hall–Kier alpha value is -0.780. The highest BCUT2D eigenvalue weighted by Gasteiger charge is 2.31. The van der Waals surface area contributed by atoms with Gasteiger partial charge in [-0.05, 0) is 18.2 Å². The zero-order valence-corrected chi connectivity index (χ0v) is 8.32. The minimum absolute atomic E-state index is 0.117. The molecule has 1 rings (SSSR count). The van der Waals surface area contributed by atoms with Crippen LogP contribution in [0.1, 0.15) is 5.56 Å². The van der Waals surface area contributed by atoms with Gasteiger partial charge in [-0.1, -0.05) is 15.9 Å². The summed E-state index contributed by atoms with van der Waals surface area (Å²) in [5.41, 5.74) is 0.117. The van der Waals surface area contributed by atoms with Crippen LogP contribution < -0.4 is 4.74 Å². The van der Waals surface area contributed by atoms with Crippen molar-refractivity contribution in [3.8, 4) is 5.75 Å². The number of alkyl halides is 4. The van der Waals surface area contributed by atoms with Crippen molar-refractivity contribution in [1.29, 1.82) is 0 Å². The lowest BCUT2D eigenvalue weighted by molar-refractivity contribution is -0.274. The predicted octanol–water partition coefficient (Wildman–Crippen LogP) is 3.62. The van der Waals surface area contributed by atoms with Crippen molar-refractivity contribution in [3.63, 3.8) is 0 Å². The van der Waals surface area contributed by atoms with Crippen LogP contribution in [-0.2, 0) is 5.33 Å². The molecule has 0 fully saturated rings. The Kier molecular flexibility index (Phi) is 3.36. The molecule has 14 heavy (non-hydrogen) atoms. The highest BCUT2D eigenvalue weighted by molar-refractivity contribution is 9.08. The molecule has 1 aromatic rings. The summed E-state index contributed by atoms with van der Waals surface area (Å²) in [6, 6.07) is 2.85. The lowest BCUT2D eigenvalue weighted by Crippen LogP contribution is -2.17. The minimum atomic E-state index is -4.75. The van der Waals surface area contributed by atoms with E-state index in [4.69, 9.17) is 0 Å². The zero-order chi connectivity index (χ0) is 10.8. The van der Waals surface area contributed by atoms with Crippen LogP contribution in [0.3, 0.4) is 0 Å². The van der Waals surface area contributed by atoms with E-state index in [0.717, 1.165) is 18.2 Å². The van der Waals surface area contributed by atoms with Crippen molar-refractivity contribution in [2.45, 2.75) is 11.7 Å². The number of benzene rings is 1. The molecular formula is C8H5BrF4O. The van der Waals surface area contributed by atoms with Crippen LogP contribution in [0.5, 0.6) is 5.75 Å². The number of rotatable bonds is 2. The highest BCUT2D eigenvalue weighted by Crippen LogP contribution is 2.25. The van der Waals surface area contributed by atoms with Crippen molar-refractivity contribution in [2.24, 2.45) is 0 Å². The molecule has 1 nitrogen and oxygen atoms in total. The monoisotopic (exact) mass is 272 g/mol. The lowest BCUT2D eigenvalue weighted by Gasteiger charge is -2.09. The molecule has 0 aliphatic carbocycles. The molecule has 78 valence electrons. The average Bonchev–Trinajstić information content (AvgIpc) is 2.06. The molecule has 0 saturated carbocycles. The SMILES string of the molecule is Fc1ccc(OC(F)(F)F)cc1CBr. The van der Waals surface area contributed by atoms with E-state index in [1.165, 1.54) is 0 Å². The van der Waals surface area contributed by atoms with Crippen molar-refractivity contribution in [1.82, 2.24) is 0 Å². The third-order valence-electron chi connectivity index (χ3n) is 1.39. The maximum Gasteiger partial charge on any atom is 0.573 e. The van der Waals surface area contributed by atoms with Crippen molar-refractivity contribution in [3.05, 3.63) is 29.6 Å². The predicted molar refractivity (Wildman–Crippen MR) is 45.7 cm³/mol. The number of ether oxygens (including phenoxy) is 1. The van der Waals surface area contributed by atoms with Gasteiger partial charge in [0.05, 0.1) is 0 Å². The standard InChI is InChI=1S/C8H5BrF4O/c9-4-5-3-6(1-2-7(5)10)14-8(11,12)13/h1-3H,4H2. The van der Waals surface area contributed by atoms with Gasteiger partial charge < -0.3 is 4.74 Å². The second-order valence-electron chi connectivity index (χ2n) is 2.43. The topological polar surface area (TPSA) is 9.23 Å². The van der Waals surface area contributed by atoms with Gasteiger partial charge in [0.2, 0.25) is 0 Å². The third kappa shape index (κ3) is 3.17. The molecule has 0 spiro atoms. The number of halogens is 5. The van der Waals surface area contributed by atoms with Crippen LogP contribution in [0.15, 0.2) is 18.2 Å². The van der Waals surface area contributed by atoms with Crippen LogP contribution in [0.2, 0.25) is 0 Å². The summed E-state index contributed by atoms with van der Waals surface area (Å²) in [5.74, 6) is -0.996. The molecule has 0 bridgehead atoms. The van der Waals surface area contributed by atoms with E-state index < -0.39 is 17.9 Å². The Morgan fingerprint density at radius 3 is 2.43 bits per heavy atom. The van der Waals surface area contributed by atoms with E-state index in [0.29, 0.717) is 0 Å². The molecule has 6 heteroatoms.